The Labute approximate surface area is 113 Å². The molecule has 2 N–H and O–H groups in total. The van der Waals surface area contributed by atoms with Gasteiger partial charge in [0.2, 0.25) is 0 Å². The van der Waals surface area contributed by atoms with E-state index >= 15 is 0 Å². The van der Waals surface area contributed by atoms with E-state index in [-0.39, 0.29) is 12.5 Å². The minimum absolute atomic E-state index is 0.175. The summed E-state index contributed by atoms with van der Waals surface area (Å²) in [5.74, 6) is 5.16. The fourth-order valence-corrected chi connectivity index (χ4v) is 1.57. The van der Waals surface area contributed by atoms with Crippen LogP contribution in [-0.2, 0) is 4.74 Å². The number of carbonyl (C=O) groups is 1. The van der Waals surface area contributed by atoms with E-state index in [2.05, 4.69) is 17.2 Å². The third kappa shape index (κ3) is 5.12. The average Bonchev–Trinajstić information content (AvgIpc) is 2.42. The minimum atomic E-state index is -0.223. The minimum Gasteiger partial charge on any atom is -0.384 e. The van der Waals surface area contributed by atoms with Crippen molar-refractivity contribution in [3.8, 4) is 11.8 Å². The molecule has 0 spiro atoms. The first-order valence-corrected chi connectivity index (χ1v) is 6.25. The number of rotatable bonds is 5. The van der Waals surface area contributed by atoms with Crippen LogP contribution in [0.2, 0.25) is 0 Å². The van der Waals surface area contributed by atoms with Crippen molar-refractivity contribution in [2.75, 3.05) is 26.4 Å². The van der Waals surface area contributed by atoms with Crippen molar-refractivity contribution < 1.29 is 14.6 Å². The summed E-state index contributed by atoms with van der Waals surface area (Å²) in [7, 11) is 0. The van der Waals surface area contributed by atoms with Crippen LogP contribution >= 0.6 is 0 Å². The predicted octanol–water partition coefficient (Wildman–Crippen LogP) is 1.11. The molecule has 0 heterocycles. The van der Waals surface area contributed by atoms with Gasteiger partial charge >= 0.3 is 0 Å². The number of carbonyl (C=O) groups excluding carboxylic acids is 1. The maximum absolute atomic E-state index is 12.0. The molecular formula is C15H19NO3. The number of aliphatic hydroxyl groups excluding tert-OH is 1. The molecule has 0 aliphatic carbocycles. The molecule has 1 amide bonds. The van der Waals surface area contributed by atoms with E-state index in [9.17, 15) is 4.79 Å². The highest BCUT2D eigenvalue weighted by molar-refractivity contribution is 5.96. The standard InChI is InChI=1S/C15H19NO3/c1-3-19-10-8-16-15(18)14-11-12(2)6-7-13(14)5-4-9-17/h6-7,11,17H,3,8-10H2,1-2H3,(H,16,18). The molecule has 0 bridgehead atoms. The number of aryl methyl sites for hydroxylation is 1. The number of benzene rings is 1. The zero-order valence-corrected chi connectivity index (χ0v) is 11.3. The number of ether oxygens (including phenoxy) is 1. The summed E-state index contributed by atoms with van der Waals surface area (Å²) in [5, 5.41) is 11.5. The fourth-order valence-electron chi connectivity index (χ4n) is 1.57. The molecule has 19 heavy (non-hydrogen) atoms. The second-order valence-electron chi connectivity index (χ2n) is 3.96. The highest BCUT2D eigenvalue weighted by Crippen LogP contribution is 2.10. The summed E-state index contributed by atoms with van der Waals surface area (Å²) < 4.78 is 5.16. The van der Waals surface area contributed by atoms with E-state index in [0.717, 1.165) is 5.56 Å². The number of hydrogen-bond donors (Lipinski definition) is 2. The van der Waals surface area contributed by atoms with Crippen molar-refractivity contribution in [1.82, 2.24) is 5.32 Å². The van der Waals surface area contributed by atoms with Gasteiger partial charge in [0.1, 0.15) is 6.61 Å². The first kappa shape index (κ1) is 15.2. The van der Waals surface area contributed by atoms with Gasteiger partial charge in [-0.05, 0) is 26.0 Å². The number of aliphatic hydroxyl groups is 1. The van der Waals surface area contributed by atoms with Crippen LogP contribution in [0.1, 0.15) is 28.4 Å². The average molecular weight is 261 g/mol. The summed E-state index contributed by atoms with van der Waals surface area (Å²) in [6.07, 6.45) is 0. The van der Waals surface area contributed by atoms with Crippen LogP contribution < -0.4 is 5.32 Å². The Kier molecular flexibility index (Phi) is 6.65. The van der Waals surface area contributed by atoms with Gasteiger partial charge in [0, 0.05) is 18.7 Å². The molecule has 0 radical (unpaired) electrons. The van der Waals surface area contributed by atoms with E-state index in [4.69, 9.17) is 9.84 Å². The molecule has 0 fully saturated rings. The maximum Gasteiger partial charge on any atom is 0.252 e. The Morgan fingerprint density at radius 1 is 1.47 bits per heavy atom. The Bertz CT molecular complexity index is 486. The van der Waals surface area contributed by atoms with E-state index in [1.54, 1.807) is 12.1 Å². The normalized spacial score (nSPS) is 9.63. The highest BCUT2D eigenvalue weighted by atomic mass is 16.5. The van der Waals surface area contributed by atoms with E-state index in [1.807, 2.05) is 19.9 Å². The largest absolute Gasteiger partial charge is 0.384 e. The lowest BCUT2D eigenvalue weighted by Crippen LogP contribution is -2.28. The van der Waals surface area contributed by atoms with Crippen LogP contribution in [0.3, 0.4) is 0 Å². The van der Waals surface area contributed by atoms with Gasteiger partial charge in [-0.2, -0.15) is 0 Å². The van der Waals surface area contributed by atoms with E-state index in [1.165, 1.54) is 0 Å². The van der Waals surface area contributed by atoms with Gasteiger partial charge in [-0.25, -0.2) is 0 Å². The third-order valence-corrected chi connectivity index (χ3v) is 2.46. The lowest BCUT2D eigenvalue weighted by molar-refractivity contribution is 0.0922. The van der Waals surface area contributed by atoms with Gasteiger partial charge in [0.05, 0.1) is 12.2 Å². The molecule has 4 heteroatoms. The molecule has 0 atom stereocenters. The molecule has 1 aromatic rings. The highest BCUT2D eigenvalue weighted by Gasteiger charge is 2.09. The molecule has 4 nitrogen and oxygen atoms in total. The summed E-state index contributed by atoms with van der Waals surface area (Å²) in [6.45, 7) is 5.19. The summed E-state index contributed by atoms with van der Waals surface area (Å²) in [6, 6.07) is 5.46. The maximum atomic E-state index is 12.0. The van der Waals surface area contributed by atoms with Gasteiger partial charge in [-0.3, -0.25) is 4.79 Å². The van der Waals surface area contributed by atoms with E-state index in [0.29, 0.717) is 30.9 Å². The fraction of sp³-hybridized carbons (Fsp3) is 0.400. The predicted molar refractivity (Wildman–Crippen MR) is 74.0 cm³/mol. The Morgan fingerprint density at radius 3 is 2.95 bits per heavy atom. The van der Waals surface area contributed by atoms with Gasteiger partial charge < -0.3 is 15.2 Å². The van der Waals surface area contributed by atoms with Crippen LogP contribution in [0.4, 0.5) is 0 Å². The molecule has 102 valence electrons. The number of nitrogens with one attached hydrogen (secondary N) is 1. The van der Waals surface area contributed by atoms with Gasteiger partial charge in [-0.15, -0.1) is 0 Å². The third-order valence-electron chi connectivity index (χ3n) is 2.46. The Balaban J connectivity index is 2.79. The van der Waals surface area contributed by atoms with Crippen LogP contribution in [0.15, 0.2) is 18.2 Å². The lowest BCUT2D eigenvalue weighted by atomic mass is 10.0. The molecule has 1 rings (SSSR count). The van der Waals surface area contributed by atoms with Crippen molar-refractivity contribution in [2.45, 2.75) is 13.8 Å². The zero-order valence-electron chi connectivity index (χ0n) is 11.3. The lowest BCUT2D eigenvalue weighted by Gasteiger charge is -2.08. The molecule has 0 aromatic heterocycles. The second-order valence-corrected chi connectivity index (χ2v) is 3.96. The molecule has 0 unspecified atom stereocenters. The topological polar surface area (TPSA) is 58.6 Å². The molecule has 0 saturated heterocycles. The Hall–Kier alpha value is -1.83. The van der Waals surface area contributed by atoms with Crippen molar-refractivity contribution in [1.29, 1.82) is 0 Å². The van der Waals surface area contributed by atoms with Crippen molar-refractivity contribution >= 4 is 5.91 Å². The second kappa shape index (κ2) is 8.30. The molecule has 0 aliphatic rings. The van der Waals surface area contributed by atoms with Gasteiger partial charge in [0.25, 0.3) is 5.91 Å². The Morgan fingerprint density at radius 2 is 2.26 bits per heavy atom. The van der Waals surface area contributed by atoms with Crippen LogP contribution in [-0.4, -0.2) is 37.4 Å². The number of hydrogen-bond acceptors (Lipinski definition) is 3. The molecule has 1 aromatic carbocycles. The van der Waals surface area contributed by atoms with Crippen LogP contribution in [0, 0.1) is 18.8 Å². The monoisotopic (exact) mass is 261 g/mol. The van der Waals surface area contributed by atoms with Gasteiger partial charge in [0.15, 0.2) is 0 Å². The summed E-state index contributed by atoms with van der Waals surface area (Å²) >= 11 is 0. The first-order valence-electron chi connectivity index (χ1n) is 6.25. The van der Waals surface area contributed by atoms with E-state index < -0.39 is 0 Å². The van der Waals surface area contributed by atoms with Crippen LogP contribution in [0.25, 0.3) is 0 Å². The van der Waals surface area contributed by atoms with Crippen molar-refractivity contribution in [2.24, 2.45) is 0 Å². The zero-order chi connectivity index (χ0) is 14.1. The van der Waals surface area contributed by atoms with Crippen molar-refractivity contribution in [3.05, 3.63) is 34.9 Å². The summed E-state index contributed by atoms with van der Waals surface area (Å²) in [4.78, 5) is 12.0. The number of amides is 1. The van der Waals surface area contributed by atoms with Crippen molar-refractivity contribution in [3.63, 3.8) is 0 Å². The molecule has 0 saturated carbocycles. The van der Waals surface area contributed by atoms with Crippen LogP contribution in [0.5, 0.6) is 0 Å². The SMILES string of the molecule is CCOCCNC(=O)c1cc(C)ccc1C#CCO. The smallest absolute Gasteiger partial charge is 0.252 e. The quantitative estimate of drug-likeness (QED) is 0.616. The molecule has 0 aliphatic heterocycles. The first-order chi connectivity index (χ1) is 9.19. The molecular weight excluding hydrogens is 242 g/mol. The summed E-state index contributed by atoms with van der Waals surface area (Å²) in [5.41, 5.74) is 2.13. The van der Waals surface area contributed by atoms with Gasteiger partial charge in [-0.1, -0.05) is 23.5 Å².